The van der Waals surface area contributed by atoms with Crippen molar-refractivity contribution in [2.45, 2.75) is 19.9 Å². The maximum atomic E-state index is 13.2. The number of ether oxygens (including phenoxy) is 1. The van der Waals surface area contributed by atoms with Crippen molar-refractivity contribution in [1.82, 2.24) is 9.80 Å². The third-order valence-corrected chi connectivity index (χ3v) is 5.08. The van der Waals surface area contributed by atoms with Gasteiger partial charge in [0.25, 0.3) is 0 Å². The highest BCUT2D eigenvalue weighted by Gasteiger charge is 2.21. The second-order valence-electron chi connectivity index (χ2n) is 6.65. The Labute approximate surface area is 164 Å². The molecule has 0 saturated carbocycles. The number of nitrogens with zero attached hydrogens (tertiary/aromatic N) is 2. The van der Waals surface area contributed by atoms with Crippen LogP contribution < -0.4 is 4.74 Å². The fourth-order valence-corrected chi connectivity index (χ4v) is 3.43. The predicted octanol–water partition coefficient (Wildman–Crippen LogP) is 3.76. The number of benzene rings is 2. The van der Waals surface area contributed by atoms with Crippen LogP contribution in [0.5, 0.6) is 5.75 Å². The van der Waals surface area contributed by atoms with E-state index in [0.717, 1.165) is 30.0 Å². The quantitative estimate of drug-likeness (QED) is 0.752. The Morgan fingerprint density at radius 3 is 2.44 bits per heavy atom. The summed E-state index contributed by atoms with van der Waals surface area (Å²) in [7, 11) is 0. The lowest BCUT2D eigenvalue weighted by molar-refractivity contribution is -0.132. The molecule has 0 spiro atoms. The molecule has 0 bridgehead atoms. The first-order valence-electron chi connectivity index (χ1n) is 9.21. The van der Waals surface area contributed by atoms with E-state index in [9.17, 15) is 9.18 Å². The van der Waals surface area contributed by atoms with E-state index in [-0.39, 0.29) is 11.7 Å². The Bertz CT molecular complexity index is 774. The van der Waals surface area contributed by atoms with Gasteiger partial charge in [0.2, 0.25) is 5.91 Å². The van der Waals surface area contributed by atoms with Crippen molar-refractivity contribution in [1.29, 1.82) is 0 Å². The summed E-state index contributed by atoms with van der Waals surface area (Å²) >= 11 is 6.11. The lowest BCUT2D eigenvalue weighted by Crippen LogP contribution is -2.48. The molecule has 0 radical (unpaired) electrons. The van der Waals surface area contributed by atoms with Crippen LogP contribution in [0.15, 0.2) is 42.5 Å². The van der Waals surface area contributed by atoms with E-state index in [2.05, 4.69) is 4.90 Å². The zero-order valence-electron chi connectivity index (χ0n) is 15.5. The van der Waals surface area contributed by atoms with Gasteiger partial charge in [0.1, 0.15) is 11.6 Å². The maximum absolute atomic E-state index is 13.2. The van der Waals surface area contributed by atoms with Crippen molar-refractivity contribution in [2.75, 3.05) is 32.8 Å². The van der Waals surface area contributed by atoms with Crippen LogP contribution >= 0.6 is 11.6 Å². The molecule has 0 N–H and O–H groups in total. The van der Waals surface area contributed by atoms with E-state index in [1.807, 2.05) is 36.1 Å². The number of rotatable bonds is 6. The van der Waals surface area contributed by atoms with E-state index in [1.54, 1.807) is 6.07 Å². The Morgan fingerprint density at radius 1 is 1.11 bits per heavy atom. The van der Waals surface area contributed by atoms with Crippen LogP contribution in [-0.2, 0) is 17.8 Å². The maximum Gasteiger partial charge on any atom is 0.227 e. The first kappa shape index (κ1) is 19.6. The van der Waals surface area contributed by atoms with Gasteiger partial charge in [-0.2, -0.15) is 0 Å². The van der Waals surface area contributed by atoms with Crippen molar-refractivity contribution in [2.24, 2.45) is 0 Å². The van der Waals surface area contributed by atoms with Gasteiger partial charge >= 0.3 is 0 Å². The van der Waals surface area contributed by atoms with Crippen molar-refractivity contribution in [3.05, 3.63) is 64.4 Å². The largest absolute Gasteiger partial charge is 0.494 e. The molecule has 144 valence electrons. The zero-order chi connectivity index (χ0) is 19.2. The molecule has 6 heteroatoms. The number of amides is 1. The Morgan fingerprint density at radius 2 is 1.81 bits per heavy atom. The molecule has 1 heterocycles. The average Bonchev–Trinajstić information content (AvgIpc) is 2.66. The van der Waals surface area contributed by atoms with E-state index in [1.165, 1.54) is 12.1 Å². The van der Waals surface area contributed by atoms with E-state index in [4.69, 9.17) is 16.3 Å². The van der Waals surface area contributed by atoms with Crippen molar-refractivity contribution in [3.63, 3.8) is 0 Å². The van der Waals surface area contributed by atoms with Crippen LogP contribution in [0.3, 0.4) is 0 Å². The van der Waals surface area contributed by atoms with Gasteiger partial charge in [-0.05, 0) is 42.3 Å². The van der Waals surface area contributed by atoms with Crippen LogP contribution in [0.2, 0.25) is 5.02 Å². The smallest absolute Gasteiger partial charge is 0.227 e. The SMILES string of the molecule is CCOc1ccc(CC(=O)N2CCN(Cc3ccc(F)cc3Cl)CC2)cc1. The summed E-state index contributed by atoms with van der Waals surface area (Å²) in [5.41, 5.74) is 1.90. The molecule has 3 rings (SSSR count). The minimum absolute atomic E-state index is 0.138. The monoisotopic (exact) mass is 390 g/mol. The minimum atomic E-state index is -0.326. The van der Waals surface area contributed by atoms with Gasteiger partial charge in [0.05, 0.1) is 13.0 Å². The summed E-state index contributed by atoms with van der Waals surface area (Å²) < 4.78 is 18.6. The number of piperazine rings is 1. The first-order chi connectivity index (χ1) is 13.0. The molecule has 0 atom stereocenters. The van der Waals surface area contributed by atoms with E-state index < -0.39 is 0 Å². The van der Waals surface area contributed by atoms with Crippen molar-refractivity contribution >= 4 is 17.5 Å². The fourth-order valence-electron chi connectivity index (χ4n) is 3.20. The molecule has 2 aromatic carbocycles. The molecule has 0 unspecified atom stereocenters. The van der Waals surface area contributed by atoms with Crippen LogP contribution in [0.25, 0.3) is 0 Å². The highest BCUT2D eigenvalue weighted by Crippen LogP contribution is 2.20. The zero-order valence-corrected chi connectivity index (χ0v) is 16.2. The fraction of sp³-hybridized carbons (Fsp3) is 0.381. The highest BCUT2D eigenvalue weighted by molar-refractivity contribution is 6.31. The number of hydrogen-bond donors (Lipinski definition) is 0. The molecule has 0 aliphatic carbocycles. The normalized spacial score (nSPS) is 15.0. The summed E-state index contributed by atoms with van der Waals surface area (Å²) in [6.45, 7) is 6.18. The summed E-state index contributed by atoms with van der Waals surface area (Å²) in [4.78, 5) is 16.7. The van der Waals surface area contributed by atoms with Crippen LogP contribution in [0, 0.1) is 5.82 Å². The van der Waals surface area contributed by atoms with E-state index >= 15 is 0 Å². The molecule has 27 heavy (non-hydrogen) atoms. The second-order valence-corrected chi connectivity index (χ2v) is 7.05. The predicted molar refractivity (Wildman–Crippen MR) is 105 cm³/mol. The number of halogens is 2. The molecule has 1 aliphatic heterocycles. The summed E-state index contributed by atoms with van der Waals surface area (Å²) in [5, 5.41) is 0.448. The molecule has 0 aromatic heterocycles. The Hall–Kier alpha value is -2.11. The van der Waals surface area contributed by atoms with Gasteiger partial charge in [-0.3, -0.25) is 9.69 Å². The molecule has 1 aliphatic rings. The highest BCUT2D eigenvalue weighted by atomic mass is 35.5. The third kappa shape index (κ3) is 5.44. The molecule has 1 fully saturated rings. The van der Waals surface area contributed by atoms with Gasteiger partial charge < -0.3 is 9.64 Å². The van der Waals surface area contributed by atoms with E-state index in [0.29, 0.717) is 37.7 Å². The van der Waals surface area contributed by atoms with Gasteiger partial charge in [-0.25, -0.2) is 4.39 Å². The topological polar surface area (TPSA) is 32.8 Å². The minimum Gasteiger partial charge on any atom is -0.494 e. The number of carbonyl (C=O) groups is 1. The third-order valence-electron chi connectivity index (χ3n) is 4.72. The van der Waals surface area contributed by atoms with Gasteiger partial charge in [-0.1, -0.05) is 29.8 Å². The molecule has 1 amide bonds. The van der Waals surface area contributed by atoms with Crippen LogP contribution in [0.1, 0.15) is 18.1 Å². The summed E-state index contributed by atoms with van der Waals surface area (Å²) in [6.07, 6.45) is 0.399. The Kier molecular flexibility index (Phi) is 6.69. The number of hydrogen-bond acceptors (Lipinski definition) is 3. The summed E-state index contributed by atoms with van der Waals surface area (Å²) in [6, 6.07) is 12.2. The number of carbonyl (C=O) groups excluding carboxylic acids is 1. The van der Waals surface area contributed by atoms with Crippen LogP contribution in [-0.4, -0.2) is 48.5 Å². The molecular formula is C21H24ClFN2O2. The molecule has 2 aromatic rings. The summed E-state index contributed by atoms with van der Waals surface area (Å²) in [5.74, 6) is 0.633. The molecular weight excluding hydrogens is 367 g/mol. The van der Waals surface area contributed by atoms with Gasteiger partial charge in [0.15, 0.2) is 0 Å². The van der Waals surface area contributed by atoms with Crippen molar-refractivity contribution < 1.29 is 13.9 Å². The van der Waals surface area contributed by atoms with Gasteiger partial charge in [-0.15, -0.1) is 0 Å². The van der Waals surface area contributed by atoms with Crippen LogP contribution in [0.4, 0.5) is 4.39 Å². The Balaban J connectivity index is 1.48. The molecule has 1 saturated heterocycles. The molecule has 4 nitrogen and oxygen atoms in total. The second kappa shape index (κ2) is 9.20. The first-order valence-corrected chi connectivity index (χ1v) is 9.58. The van der Waals surface area contributed by atoms with Gasteiger partial charge in [0, 0.05) is 37.7 Å². The lowest BCUT2D eigenvalue weighted by atomic mass is 10.1. The standard InChI is InChI=1S/C21H24ClFN2O2/c1-2-27-19-7-3-16(4-8-19)13-21(26)25-11-9-24(10-12-25)15-17-5-6-18(23)14-20(17)22/h3-8,14H,2,9-13,15H2,1H3. The lowest BCUT2D eigenvalue weighted by Gasteiger charge is -2.35. The average molecular weight is 391 g/mol. The van der Waals surface area contributed by atoms with Crippen molar-refractivity contribution in [3.8, 4) is 5.75 Å².